The molecule has 0 fully saturated rings. The summed E-state index contributed by atoms with van der Waals surface area (Å²) in [6.45, 7) is 0.0613. The molecule has 0 saturated heterocycles. The van der Waals surface area contributed by atoms with Gasteiger partial charge >= 0.3 is 0 Å². The van der Waals surface area contributed by atoms with Gasteiger partial charge < -0.3 is 24.3 Å². The lowest BCUT2D eigenvalue weighted by molar-refractivity contribution is -0.120. The fourth-order valence-corrected chi connectivity index (χ4v) is 3.31. The van der Waals surface area contributed by atoms with Gasteiger partial charge in [-0.15, -0.1) is 0 Å². The minimum Gasteiger partial charge on any atom is -0.493 e. The number of fused-ring (bicyclic) bond motifs is 1. The largest absolute Gasteiger partial charge is 0.493 e. The number of nitriles is 1. The molecule has 0 aromatic heterocycles. The molecule has 36 heavy (non-hydrogen) atoms. The highest BCUT2D eigenvalue weighted by molar-refractivity contribution is 5.97. The zero-order valence-corrected chi connectivity index (χ0v) is 19.3. The Morgan fingerprint density at radius 2 is 1.92 bits per heavy atom. The molecule has 0 spiro atoms. The van der Waals surface area contributed by atoms with E-state index in [9.17, 15) is 14.9 Å². The normalized spacial score (nSPS) is 11.6. The van der Waals surface area contributed by atoms with Crippen molar-refractivity contribution in [1.29, 1.82) is 5.26 Å². The van der Waals surface area contributed by atoms with Gasteiger partial charge in [-0.1, -0.05) is 18.2 Å². The Hall–Kier alpha value is -5.04. The monoisotopic (exact) mass is 486 g/mol. The van der Waals surface area contributed by atoms with E-state index in [2.05, 4.69) is 21.9 Å². The Balaban J connectivity index is 1.28. The molecule has 1 aliphatic heterocycles. The summed E-state index contributed by atoms with van der Waals surface area (Å²) in [5.74, 6) is 1.09. The Morgan fingerprint density at radius 1 is 1.08 bits per heavy atom. The van der Waals surface area contributed by atoms with Crippen LogP contribution >= 0.6 is 0 Å². The van der Waals surface area contributed by atoms with E-state index in [1.807, 2.05) is 12.1 Å². The van der Waals surface area contributed by atoms with Gasteiger partial charge in [0.1, 0.15) is 6.61 Å². The number of carbonyl (C=O) groups is 2. The first-order valence-corrected chi connectivity index (χ1v) is 10.9. The molecule has 10 nitrogen and oxygen atoms in total. The summed E-state index contributed by atoms with van der Waals surface area (Å²) in [6, 6.07) is 19.3. The molecule has 0 atom stereocenters. The van der Waals surface area contributed by atoms with Crippen molar-refractivity contribution < 1.29 is 28.5 Å². The molecular formula is C26H22N4O6. The maximum Gasteiger partial charge on any atom is 0.259 e. The molecule has 182 valence electrons. The van der Waals surface area contributed by atoms with Gasteiger partial charge in [-0.3, -0.25) is 9.59 Å². The number of rotatable bonds is 9. The van der Waals surface area contributed by atoms with Crippen LogP contribution in [-0.2, 0) is 11.4 Å². The first-order valence-electron chi connectivity index (χ1n) is 10.9. The maximum absolute atomic E-state index is 12.3. The third-order valence-corrected chi connectivity index (χ3v) is 5.16. The lowest BCUT2D eigenvalue weighted by atomic mass is 10.1. The summed E-state index contributed by atoms with van der Waals surface area (Å²) in [5, 5.41) is 15.7. The highest BCUT2D eigenvalue weighted by Gasteiger charge is 2.16. The minimum absolute atomic E-state index is 0.110. The highest BCUT2D eigenvalue weighted by atomic mass is 16.7. The second-order valence-corrected chi connectivity index (χ2v) is 7.51. The van der Waals surface area contributed by atoms with E-state index in [4.69, 9.17) is 18.9 Å². The second-order valence-electron chi connectivity index (χ2n) is 7.51. The first-order chi connectivity index (χ1) is 17.6. The number of hydrogen-bond acceptors (Lipinski definition) is 8. The van der Waals surface area contributed by atoms with Gasteiger partial charge in [0.2, 0.25) is 6.79 Å². The summed E-state index contributed by atoms with van der Waals surface area (Å²) < 4.78 is 21.7. The molecule has 1 aliphatic rings. The third-order valence-electron chi connectivity index (χ3n) is 5.16. The summed E-state index contributed by atoms with van der Waals surface area (Å²) in [5.41, 5.74) is 4.67. The van der Waals surface area contributed by atoms with Crippen LogP contribution in [-0.4, -0.2) is 38.5 Å². The van der Waals surface area contributed by atoms with Crippen molar-refractivity contribution in [1.82, 2.24) is 10.7 Å². The zero-order chi connectivity index (χ0) is 25.3. The Bertz CT molecular complexity index is 1350. The molecule has 4 rings (SSSR count). The smallest absolute Gasteiger partial charge is 0.259 e. The van der Waals surface area contributed by atoms with Crippen LogP contribution in [0.3, 0.4) is 0 Å². The number of methoxy groups -OCH3 is 1. The van der Waals surface area contributed by atoms with Crippen LogP contribution in [0.1, 0.15) is 27.0 Å². The van der Waals surface area contributed by atoms with E-state index in [0.717, 1.165) is 5.56 Å². The quantitative estimate of drug-likeness (QED) is 0.351. The molecule has 10 heteroatoms. The Morgan fingerprint density at radius 3 is 2.75 bits per heavy atom. The number of hydrazone groups is 1. The molecule has 2 N–H and O–H groups in total. The molecular weight excluding hydrogens is 464 g/mol. The van der Waals surface area contributed by atoms with Crippen LogP contribution in [0, 0.1) is 11.3 Å². The minimum atomic E-state index is -0.497. The summed E-state index contributed by atoms with van der Waals surface area (Å²) in [6.07, 6.45) is 1.44. The van der Waals surface area contributed by atoms with Gasteiger partial charge in [0.05, 0.1) is 31.5 Å². The van der Waals surface area contributed by atoms with E-state index in [0.29, 0.717) is 39.7 Å². The first kappa shape index (κ1) is 24.1. The Labute approximate surface area is 207 Å². The number of amides is 2. The van der Waals surface area contributed by atoms with E-state index in [1.54, 1.807) is 48.5 Å². The topological polar surface area (TPSA) is 131 Å². The molecule has 3 aromatic rings. The summed E-state index contributed by atoms with van der Waals surface area (Å²) in [4.78, 5) is 24.3. The van der Waals surface area contributed by atoms with E-state index >= 15 is 0 Å². The van der Waals surface area contributed by atoms with Crippen molar-refractivity contribution in [3.05, 3.63) is 82.9 Å². The van der Waals surface area contributed by atoms with E-state index in [1.165, 1.54) is 13.3 Å². The maximum atomic E-state index is 12.3. The van der Waals surface area contributed by atoms with Crippen molar-refractivity contribution in [3.8, 4) is 29.1 Å². The van der Waals surface area contributed by atoms with Crippen molar-refractivity contribution in [2.24, 2.45) is 5.10 Å². The van der Waals surface area contributed by atoms with Crippen LogP contribution in [0.5, 0.6) is 23.0 Å². The van der Waals surface area contributed by atoms with Gasteiger partial charge in [-0.2, -0.15) is 10.4 Å². The second kappa shape index (κ2) is 11.4. The van der Waals surface area contributed by atoms with Crippen LogP contribution in [0.4, 0.5) is 0 Å². The van der Waals surface area contributed by atoms with Gasteiger partial charge in [0, 0.05) is 11.1 Å². The van der Waals surface area contributed by atoms with Crippen LogP contribution in [0.2, 0.25) is 0 Å². The zero-order valence-electron chi connectivity index (χ0n) is 19.3. The molecule has 2 amide bonds. The third kappa shape index (κ3) is 5.90. The van der Waals surface area contributed by atoms with Crippen molar-refractivity contribution in [3.63, 3.8) is 0 Å². The molecule has 0 bridgehead atoms. The van der Waals surface area contributed by atoms with Crippen LogP contribution in [0.15, 0.2) is 65.8 Å². The standard InChI is InChI=1S/C26H22N4O6/c1-33-23-10-17(6-8-21(23)34-15-20-5-3-2-4-19(20)12-27)13-29-30-25(31)14-28-26(32)18-7-9-22-24(11-18)36-16-35-22/h2-11,13H,14-16H2,1H3,(H,28,32)(H,30,31). The molecule has 1 heterocycles. The average Bonchev–Trinajstić information content (AvgIpc) is 3.39. The lowest BCUT2D eigenvalue weighted by Gasteiger charge is -2.12. The lowest BCUT2D eigenvalue weighted by Crippen LogP contribution is -2.34. The SMILES string of the molecule is COc1cc(C=NNC(=O)CNC(=O)c2ccc3c(c2)OCO3)ccc1OCc1ccccc1C#N. The number of hydrogen-bond donors (Lipinski definition) is 2. The molecule has 0 aliphatic carbocycles. The van der Waals surface area contributed by atoms with Gasteiger partial charge in [0.25, 0.3) is 11.8 Å². The molecule has 0 saturated carbocycles. The predicted octanol–water partition coefficient (Wildman–Crippen LogP) is 2.75. The number of ether oxygens (including phenoxy) is 4. The Kier molecular flexibility index (Phi) is 7.63. The predicted molar refractivity (Wildman–Crippen MR) is 129 cm³/mol. The fraction of sp³-hybridized carbons (Fsp3) is 0.154. The number of nitrogens with one attached hydrogen (secondary N) is 2. The number of nitrogens with zero attached hydrogens (tertiary/aromatic N) is 2. The molecule has 3 aromatic carbocycles. The average molecular weight is 486 g/mol. The van der Waals surface area contributed by atoms with Gasteiger partial charge in [-0.25, -0.2) is 5.43 Å². The fourth-order valence-electron chi connectivity index (χ4n) is 3.31. The van der Waals surface area contributed by atoms with Crippen molar-refractivity contribution in [2.75, 3.05) is 20.4 Å². The summed E-state index contributed by atoms with van der Waals surface area (Å²) >= 11 is 0. The van der Waals surface area contributed by atoms with Crippen molar-refractivity contribution >= 4 is 18.0 Å². The molecule has 0 radical (unpaired) electrons. The van der Waals surface area contributed by atoms with Gasteiger partial charge in [-0.05, 0) is 48.0 Å². The number of carbonyl (C=O) groups excluding carboxylic acids is 2. The highest BCUT2D eigenvalue weighted by Crippen LogP contribution is 2.32. The summed E-state index contributed by atoms with van der Waals surface area (Å²) in [7, 11) is 1.51. The van der Waals surface area contributed by atoms with E-state index in [-0.39, 0.29) is 19.9 Å². The number of benzene rings is 3. The van der Waals surface area contributed by atoms with Crippen LogP contribution in [0.25, 0.3) is 0 Å². The van der Waals surface area contributed by atoms with Crippen LogP contribution < -0.4 is 29.7 Å². The van der Waals surface area contributed by atoms with Gasteiger partial charge in [0.15, 0.2) is 23.0 Å². The molecule has 0 unspecified atom stereocenters. The van der Waals surface area contributed by atoms with Crippen molar-refractivity contribution in [2.45, 2.75) is 6.61 Å². The van der Waals surface area contributed by atoms with E-state index < -0.39 is 11.8 Å².